The average Bonchev–Trinajstić information content (AvgIpc) is 2.73. The molecule has 1 N–H and O–H groups in total. The summed E-state index contributed by atoms with van der Waals surface area (Å²) in [5.41, 5.74) is 1.23. The van der Waals surface area contributed by atoms with E-state index in [1.54, 1.807) is 0 Å². The lowest BCUT2D eigenvalue weighted by molar-refractivity contribution is 0.130. The molecule has 3 rings (SSSR count). The molecule has 1 aromatic rings. The maximum atomic E-state index is 9.66. The number of piperidine rings is 1. The van der Waals surface area contributed by atoms with Crippen LogP contribution >= 0.6 is 0 Å². The van der Waals surface area contributed by atoms with Crippen LogP contribution in [0.4, 0.5) is 0 Å². The Hall–Kier alpha value is -0.870. The summed E-state index contributed by atoms with van der Waals surface area (Å²) in [5, 5.41) is 9.66. The van der Waals surface area contributed by atoms with E-state index in [2.05, 4.69) is 22.7 Å². The quantitative estimate of drug-likeness (QED) is 0.852. The second kappa shape index (κ2) is 5.02. The number of rotatable bonds is 2. The third-order valence-electron chi connectivity index (χ3n) is 4.35. The minimum atomic E-state index is -0.178. The summed E-state index contributed by atoms with van der Waals surface area (Å²) in [7, 11) is 2.20. The first-order valence-electron chi connectivity index (χ1n) is 7.12. The van der Waals surface area contributed by atoms with Gasteiger partial charge in [0.2, 0.25) is 0 Å². The highest BCUT2D eigenvalue weighted by Gasteiger charge is 2.21. The van der Waals surface area contributed by atoms with Crippen LogP contribution in [0, 0.1) is 5.92 Å². The molecule has 100 valence electrons. The van der Waals surface area contributed by atoms with Gasteiger partial charge in [-0.25, -0.2) is 4.98 Å². The van der Waals surface area contributed by atoms with Gasteiger partial charge in [-0.3, -0.25) is 0 Å². The number of nitrogens with zero attached hydrogens (tertiary/aromatic N) is 3. The molecule has 1 fully saturated rings. The zero-order chi connectivity index (χ0) is 12.5. The Kier molecular flexibility index (Phi) is 3.39. The minimum absolute atomic E-state index is 0.178. The lowest BCUT2D eigenvalue weighted by atomic mass is 9.93. The predicted molar refractivity (Wildman–Crippen MR) is 70.5 cm³/mol. The van der Waals surface area contributed by atoms with E-state index in [1.807, 2.05) is 0 Å². The molecule has 0 spiro atoms. The summed E-state index contributed by atoms with van der Waals surface area (Å²) >= 11 is 0. The molecule has 1 saturated heterocycles. The van der Waals surface area contributed by atoms with Gasteiger partial charge < -0.3 is 14.6 Å². The van der Waals surface area contributed by atoms with E-state index < -0.39 is 0 Å². The first-order valence-corrected chi connectivity index (χ1v) is 7.12. The van der Waals surface area contributed by atoms with Crippen molar-refractivity contribution in [3.8, 4) is 0 Å². The molecule has 2 aliphatic rings. The zero-order valence-corrected chi connectivity index (χ0v) is 11.2. The van der Waals surface area contributed by atoms with Crippen LogP contribution in [0.2, 0.25) is 0 Å². The Morgan fingerprint density at radius 1 is 1.33 bits per heavy atom. The molecule has 0 aromatic carbocycles. The SMILES string of the molecule is CN1CCC(Cc2cn3c(n2)CCC(O)C3)CC1. The zero-order valence-electron chi connectivity index (χ0n) is 11.2. The van der Waals surface area contributed by atoms with Gasteiger partial charge >= 0.3 is 0 Å². The van der Waals surface area contributed by atoms with Gasteiger partial charge in [0.05, 0.1) is 11.8 Å². The van der Waals surface area contributed by atoms with E-state index in [9.17, 15) is 5.11 Å². The molecule has 0 amide bonds. The fraction of sp³-hybridized carbons (Fsp3) is 0.786. The Labute approximate surface area is 109 Å². The molecule has 4 heteroatoms. The highest BCUT2D eigenvalue weighted by Crippen LogP contribution is 2.22. The molecular formula is C14H23N3O. The van der Waals surface area contributed by atoms with Gasteiger partial charge in [0.25, 0.3) is 0 Å². The van der Waals surface area contributed by atoms with E-state index in [0.717, 1.165) is 31.7 Å². The molecule has 0 radical (unpaired) electrons. The van der Waals surface area contributed by atoms with Crippen molar-refractivity contribution in [1.82, 2.24) is 14.5 Å². The summed E-state index contributed by atoms with van der Waals surface area (Å²) in [6.45, 7) is 3.17. The lowest BCUT2D eigenvalue weighted by Gasteiger charge is -2.28. The van der Waals surface area contributed by atoms with E-state index in [-0.39, 0.29) is 6.10 Å². The van der Waals surface area contributed by atoms with Crippen molar-refractivity contribution in [3.05, 3.63) is 17.7 Å². The number of fused-ring (bicyclic) bond motifs is 1. The molecule has 4 nitrogen and oxygen atoms in total. The summed E-state index contributed by atoms with van der Waals surface area (Å²) in [5.74, 6) is 1.96. The Bertz CT molecular complexity index is 407. The normalized spacial score (nSPS) is 26.2. The summed E-state index contributed by atoms with van der Waals surface area (Å²) < 4.78 is 2.15. The molecule has 1 aromatic heterocycles. The molecule has 1 unspecified atom stereocenters. The first-order chi connectivity index (χ1) is 8.70. The van der Waals surface area contributed by atoms with Gasteiger partial charge in [-0.15, -0.1) is 0 Å². The Morgan fingerprint density at radius 2 is 2.11 bits per heavy atom. The standard InChI is InChI=1S/C14H23N3O/c1-16-6-4-11(5-7-16)8-12-9-17-10-13(18)2-3-14(17)15-12/h9,11,13,18H,2-8,10H2,1H3. The van der Waals surface area contributed by atoms with Crippen LogP contribution in [0.25, 0.3) is 0 Å². The van der Waals surface area contributed by atoms with Gasteiger partial charge in [-0.05, 0) is 51.7 Å². The maximum Gasteiger partial charge on any atom is 0.109 e. The Morgan fingerprint density at radius 3 is 2.89 bits per heavy atom. The average molecular weight is 249 g/mol. The van der Waals surface area contributed by atoms with Gasteiger partial charge in [-0.2, -0.15) is 0 Å². The van der Waals surface area contributed by atoms with Crippen LogP contribution in [0.3, 0.4) is 0 Å². The van der Waals surface area contributed by atoms with Gasteiger partial charge in [0.1, 0.15) is 5.82 Å². The molecule has 0 aliphatic carbocycles. The lowest BCUT2D eigenvalue weighted by Crippen LogP contribution is -2.31. The Balaban J connectivity index is 1.63. The number of hydrogen-bond acceptors (Lipinski definition) is 3. The number of aromatic nitrogens is 2. The molecule has 18 heavy (non-hydrogen) atoms. The highest BCUT2D eigenvalue weighted by molar-refractivity contribution is 5.08. The second-order valence-electron chi connectivity index (χ2n) is 5.94. The van der Waals surface area contributed by atoms with Crippen molar-refractivity contribution >= 4 is 0 Å². The third-order valence-corrected chi connectivity index (χ3v) is 4.35. The van der Waals surface area contributed by atoms with Crippen LogP contribution in [0.15, 0.2) is 6.20 Å². The van der Waals surface area contributed by atoms with Crippen LogP contribution in [0.1, 0.15) is 30.8 Å². The monoisotopic (exact) mass is 249 g/mol. The van der Waals surface area contributed by atoms with Crippen molar-refractivity contribution < 1.29 is 5.11 Å². The number of hydrogen-bond donors (Lipinski definition) is 1. The van der Waals surface area contributed by atoms with Crippen molar-refractivity contribution in [2.75, 3.05) is 20.1 Å². The van der Waals surface area contributed by atoms with Crippen molar-refractivity contribution in [3.63, 3.8) is 0 Å². The van der Waals surface area contributed by atoms with Gasteiger partial charge in [0, 0.05) is 19.2 Å². The molecule has 2 aliphatic heterocycles. The van der Waals surface area contributed by atoms with Crippen LogP contribution in [-0.2, 0) is 19.4 Å². The van der Waals surface area contributed by atoms with E-state index in [0.29, 0.717) is 0 Å². The second-order valence-corrected chi connectivity index (χ2v) is 5.94. The predicted octanol–water partition coefficient (Wildman–Crippen LogP) is 1.07. The van der Waals surface area contributed by atoms with Crippen LogP contribution in [0.5, 0.6) is 0 Å². The van der Waals surface area contributed by atoms with Crippen molar-refractivity contribution in [2.45, 2.75) is 44.8 Å². The number of aliphatic hydroxyl groups excluding tert-OH is 1. The number of aryl methyl sites for hydroxylation is 1. The molecule has 0 saturated carbocycles. The number of likely N-dealkylation sites (tertiary alicyclic amines) is 1. The van der Waals surface area contributed by atoms with Crippen molar-refractivity contribution in [2.24, 2.45) is 5.92 Å². The smallest absolute Gasteiger partial charge is 0.109 e. The van der Waals surface area contributed by atoms with E-state index >= 15 is 0 Å². The molecule has 0 bridgehead atoms. The summed E-state index contributed by atoms with van der Waals surface area (Å²) in [6.07, 6.45) is 7.48. The third kappa shape index (κ3) is 2.59. The summed E-state index contributed by atoms with van der Waals surface area (Å²) in [6, 6.07) is 0. The molecular weight excluding hydrogens is 226 g/mol. The largest absolute Gasteiger partial charge is 0.391 e. The number of imidazole rings is 1. The fourth-order valence-electron chi connectivity index (χ4n) is 3.15. The van der Waals surface area contributed by atoms with E-state index in [4.69, 9.17) is 4.98 Å². The first kappa shape index (κ1) is 12.2. The van der Waals surface area contributed by atoms with E-state index in [1.165, 1.54) is 37.4 Å². The van der Waals surface area contributed by atoms with Crippen LogP contribution in [-0.4, -0.2) is 45.8 Å². The minimum Gasteiger partial charge on any atom is -0.391 e. The number of aliphatic hydroxyl groups is 1. The maximum absolute atomic E-state index is 9.66. The van der Waals surface area contributed by atoms with Gasteiger partial charge in [0.15, 0.2) is 0 Å². The van der Waals surface area contributed by atoms with Gasteiger partial charge in [-0.1, -0.05) is 0 Å². The van der Waals surface area contributed by atoms with Crippen LogP contribution < -0.4 is 0 Å². The molecule has 3 heterocycles. The molecule has 1 atom stereocenters. The fourth-order valence-corrected chi connectivity index (χ4v) is 3.15. The topological polar surface area (TPSA) is 41.3 Å². The highest BCUT2D eigenvalue weighted by atomic mass is 16.3. The van der Waals surface area contributed by atoms with Crippen molar-refractivity contribution in [1.29, 1.82) is 0 Å². The summed E-state index contributed by atoms with van der Waals surface area (Å²) in [4.78, 5) is 7.14.